The van der Waals surface area contributed by atoms with Crippen LogP contribution < -0.4 is 19.9 Å². The zero-order chi connectivity index (χ0) is 22.1. The summed E-state index contributed by atoms with van der Waals surface area (Å²) < 4.78 is 22.2. The summed E-state index contributed by atoms with van der Waals surface area (Å²) in [6, 6.07) is 22.4. The van der Waals surface area contributed by atoms with Crippen LogP contribution in [0.1, 0.15) is 21.5 Å². The van der Waals surface area contributed by atoms with Crippen molar-refractivity contribution >= 4 is 5.97 Å². The van der Waals surface area contributed by atoms with Crippen molar-refractivity contribution in [1.29, 1.82) is 0 Å². The normalized spacial score (nSPS) is 11.5. The van der Waals surface area contributed by atoms with Crippen LogP contribution in [-0.4, -0.2) is 32.8 Å². The lowest BCUT2D eigenvalue weighted by Gasteiger charge is -2.18. The van der Waals surface area contributed by atoms with Crippen LogP contribution in [-0.2, 0) is 17.8 Å². The van der Waals surface area contributed by atoms with E-state index in [1.54, 1.807) is 12.1 Å². The average molecular weight is 421 g/mol. The van der Waals surface area contributed by atoms with Gasteiger partial charge in [0.05, 0.1) is 14.2 Å². The number of ether oxygens (including phenoxy) is 4. The van der Waals surface area contributed by atoms with Crippen LogP contribution in [0.4, 0.5) is 0 Å². The van der Waals surface area contributed by atoms with E-state index in [9.17, 15) is 4.79 Å². The first-order valence-electron chi connectivity index (χ1n) is 10.00. The Morgan fingerprint density at radius 1 is 0.871 bits per heavy atom. The van der Waals surface area contributed by atoms with Crippen molar-refractivity contribution in [2.45, 2.75) is 19.1 Å². The molecule has 31 heavy (non-hydrogen) atoms. The van der Waals surface area contributed by atoms with Gasteiger partial charge in [0.25, 0.3) is 0 Å². The Morgan fingerprint density at radius 2 is 1.48 bits per heavy atom. The van der Waals surface area contributed by atoms with Gasteiger partial charge in [-0.05, 0) is 17.5 Å². The first-order chi connectivity index (χ1) is 15.1. The second kappa shape index (κ2) is 11.0. The second-order valence-corrected chi connectivity index (χ2v) is 7.03. The molecule has 0 aliphatic carbocycles. The molecule has 0 aromatic heterocycles. The summed E-state index contributed by atoms with van der Waals surface area (Å²) >= 11 is 0. The second-order valence-electron chi connectivity index (χ2n) is 7.03. The first-order valence-corrected chi connectivity index (χ1v) is 10.00. The summed E-state index contributed by atoms with van der Waals surface area (Å²) in [5, 5.41) is 0. The third kappa shape index (κ3) is 6.23. The third-order valence-electron chi connectivity index (χ3n) is 4.71. The molecule has 162 valence electrons. The molecule has 0 heterocycles. The number of nitrogens with two attached hydrogens (primary N) is 1. The van der Waals surface area contributed by atoms with Crippen LogP contribution in [0.3, 0.4) is 0 Å². The molecule has 0 aliphatic heterocycles. The maximum absolute atomic E-state index is 12.9. The van der Waals surface area contributed by atoms with E-state index >= 15 is 0 Å². The molecule has 0 fully saturated rings. The third-order valence-corrected chi connectivity index (χ3v) is 4.71. The summed E-state index contributed by atoms with van der Waals surface area (Å²) in [4.78, 5) is 12.9. The highest BCUT2D eigenvalue weighted by Crippen LogP contribution is 2.35. The van der Waals surface area contributed by atoms with Crippen molar-refractivity contribution in [2.24, 2.45) is 5.73 Å². The quantitative estimate of drug-likeness (QED) is 0.498. The number of esters is 1. The Labute approximate surface area is 182 Å². The van der Waals surface area contributed by atoms with Crippen molar-refractivity contribution in [1.82, 2.24) is 0 Å². The molecule has 0 bridgehead atoms. The Kier molecular flexibility index (Phi) is 7.90. The van der Waals surface area contributed by atoms with Gasteiger partial charge in [0.2, 0.25) is 0 Å². The van der Waals surface area contributed by atoms with Gasteiger partial charge in [-0.15, -0.1) is 0 Å². The van der Waals surface area contributed by atoms with Crippen molar-refractivity contribution in [3.63, 3.8) is 0 Å². The molecule has 0 amide bonds. The van der Waals surface area contributed by atoms with Gasteiger partial charge in [0, 0.05) is 18.2 Å². The van der Waals surface area contributed by atoms with Crippen LogP contribution in [0.25, 0.3) is 0 Å². The van der Waals surface area contributed by atoms with E-state index in [0.717, 1.165) is 11.1 Å². The standard InChI is InChI=1S/C25H27NO5/c1-28-21-14-22(29-2)24(25(27)31-16-19-11-7-4-8-12-19)23(15-21)30-17-20(26)13-18-9-5-3-6-10-18/h3-12,14-15,20H,13,16-17,26H2,1-2H3. The van der Waals surface area contributed by atoms with Crippen molar-refractivity contribution < 1.29 is 23.7 Å². The fourth-order valence-electron chi connectivity index (χ4n) is 3.13. The largest absolute Gasteiger partial charge is 0.496 e. The van der Waals surface area contributed by atoms with Crippen LogP contribution in [0.5, 0.6) is 17.2 Å². The highest BCUT2D eigenvalue weighted by molar-refractivity contribution is 5.96. The van der Waals surface area contributed by atoms with E-state index in [1.165, 1.54) is 14.2 Å². The summed E-state index contributed by atoms with van der Waals surface area (Å²) in [5.41, 5.74) is 8.45. The molecule has 0 saturated carbocycles. The van der Waals surface area contributed by atoms with Crippen LogP contribution in [0, 0.1) is 0 Å². The van der Waals surface area contributed by atoms with Gasteiger partial charge >= 0.3 is 5.97 Å². The number of methoxy groups -OCH3 is 2. The summed E-state index contributed by atoms with van der Waals surface area (Å²) in [6.45, 7) is 0.353. The number of carbonyl (C=O) groups excluding carboxylic acids is 1. The minimum atomic E-state index is -0.546. The molecule has 6 heteroatoms. The number of benzene rings is 3. The van der Waals surface area contributed by atoms with Gasteiger partial charge in [-0.25, -0.2) is 4.79 Å². The maximum Gasteiger partial charge on any atom is 0.346 e. The fourth-order valence-corrected chi connectivity index (χ4v) is 3.13. The lowest BCUT2D eigenvalue weighted by molar-refractivity contribution is 0.0463. The van der Waals surface area contributed by atoms with E-state index in [4.69, 9.17) is 24.7 Å². The SMILES string of the molecule is COc1cc(OC)c(C(=O)OCc2ccccc2)c(OCC(N)Cc2ccccc2)c1. The monoisotopic (exact) mass is 421 g/mol. The lowest BCUT2D eigenvalue weighted by atomic mass is 10.1. The van der Waals surface area contributed by atoms with Crippen LogP contribution >= 0.6 is 0 Å². The summed E-state index contributed by atoms with van der Waals surface area (Å²) in [7, 11) is 3.01. The van der Waals surface area contributed by atoms with Gasteiger partial charge in [-0.1, -0.05) is 60.7 Å². The zero-order valence-electron chi connectivity index (χ0n) is 17.7. The number of rotatable bonds is 10. The zero-order valence-corrected chi connectivity index (χ0v) is 17.7. The Morgan fingerprint density at radius 3 is 2.10 bits per heavy atom. The fraction of sp³-hybridized carbons (Fsp3) is 0.240. The molecule has 1 atom stereocenters. The first kappa shape index (κ1) is 22.2. The number of hydrogen-bond acceptors (Lipinski definition) is 6. The van der Waals surface area contributed by atoms with Crippen molar-refractivity contribution in [2.75, 3.05) is 20.8 Å². The Bertz CT molecular complexity index is 976. The molecular formula is C25H27NO5. The Hall–Kier alpha value is -3.51. The van der Waals surface area contributed by atoms with E-state index in [0.29, 0.717) is 23.7 Å². The van der Waals surface area contributed by atoms with Crippen molar-refractivity contribution in [3.8, 4) is 17.2 Å². The predicted molar refractivity (Wildman–Crippen MR) is 119 cm³/mol. The highest BCUT2D eigenvalue weighted by atomic mass is 16.5. The van der Waals surface area contributed by atoms with Gasteiger partial charge in [0.15, 0.2) is 0 Å². The molecule has 0 aliphatic rings. The van der Waals surface area contributed by atoms with Gasteiger partial charge in [-0.2, -0.15) is 0 Å². The van der Waals surface area contributed by atoms with E-state index in [1.807, 2.05) is 60.7 Å². The Balaban J connectivity index is 1.76. The van der Waals surface area contributed by atoms with E-state index in [2.05, 4.69) is 0 Å². The van der Waals surface area contributed by atoms with Crippen LogP contribution in [0.15, 0.2) is 72.8 Å². The summed E-state index contributed by atoms with van der Waals surface area (Å²) in [5.74, 6) is 0.569. The average Bonchev–Trinajstić information content (AvgIpc) is 2.81. The molecule has 3 aromatic carbocycles. The van der Waals surface area contributed by atoms with Crippen LogP contribution in [0.2, 0.25) is 0 Å². The van der Waals surface area contributed by atoms with E-state index < -0.39 is 5.97 Å². The molecular weight excluding hydrogens is 394 g/mol. The lowest BCUT2D eigenvalue weighted by Crippen LogP contribution is -2.30. The minimum absolute atomic E-state index is 0.141. The van der Waals surface area contributed by atoms with Gasteiger partial charge in [-0.3, -0.25) is 0 Å². The molecule has 2 N–H and O–H groups in total. The van der Waals surface area contributed by atoms with Crippen molar-refractivity contribution in [3.05, 3.63) is 89.5 Å². The smallest absolute Gasteiger partial charge is 0.346 e. The molecule has 0 radical (unpaired) electrons. The predicted octanol–water partition coefficient (Wildman–Crippen LogP) is 4.01. The number of hydrogen-bond donors (Lipinski definition) is 1. The molecule has 3 aromatic rings. The molecule has 1 unspecified atom stereocenters. The highest BCUT2D eigenvalue weighted by Gasteiger charge is 2.23. The molecule has 6 nitrogen and oxygen atoms in total. The van der Waals surface area contributed by atoms with Gasteiger partial charge < -0.3 is 24.7 Å². The van der Waals surface area contributed by atoms with Gasteiger partial charge in [0.1, 0.15) is 36.0 Å². The molecule has 0 spiro atoms. The minimum Gasteiger partial charge on any atom is -0.496 e. The summed E-state index contributed by atoms with van der Waals surface area (Å²) in [6.07, 6.45) is 0.649. The maximum atomic E-state index is 12.9. The topological polar surface area (TPSA) is 80.0 Å². The molecule has 3 rings (SSSR count). The number of carbonyl (C=O) groups is 1. The van der Waals surface area contributed by atoms with E-state index in [-0.39, 0.29) is 24.8 Å². The molecule has 0 saturated heterocycles.